The Hall–Kier alpha value is -1.91. The Kier molecular flexibility index (Phi) is 8.50. The molecule has 0 bridgehead atoms. The molecule has 3 aliphatic rings. The molecule has 2 fully saturated rings. The first-order valence-corrected chi connectivity index (χ1v) is 15.1. The van der Waals surface area contributed by atoms with Gasteiger partial charge in [-0.3, -0.25) is 0 Å². The molecule has 0 saturated heterocycles. The van der Waals surface area contributed by atoms with Gasteiger partial charge in [-0.2, -0.15) is 0 Å². The normalized spacial score (nSPS) is 32.2. The molecule has 0 aliphatic heterocycles. The minimum absolute atomic E-state index is 0.0904. The van der Waals surface area contributed by atoms with Gasteiger partial charge >= 0.3 is 0 Å². The van der Waals surface area contributed by atoms with E-state index in [2.05, 4.69) is 50.1 Å². The van der Waals surface area contributed by atoms with Gasteiger partial charge in [-0.1, -0.05) is 55.7 Å². The number of aliphatic hydroxyl groups excluding tert-OH is 1. The first kappa shape index (κ1) is 27.6. The highest BCUT2D eigenvalue weighted by molar-refractivity contribution is 5.41. The van der Waals surface area contributed by atoms with Crippen molar-refractivity contribution in [1.82, 2.24) is 4.90 Å². The van der Waals surface area contributed by atoms with Crippen LogP contribution in [0.3, 0.4) is 0 Å². The maximum Gasteiger partial charge on any atom is 0.115 e. The Bertz CT molecular complexity index is 1070. The van der Waals surface area contributed by atoms with Crippen LogP contribution in [0.4, 0.5) is 4.39 Å². The predicted octanol–water partition coefficient (Wildman–Crippen LogP) is 7.22. The fourth-order valence-electron chi connectivity index (χ4n) is 8.42. The fourth-order valence-corrected chi connectivity index (χ4v) is 8.42. The number of rotatable bonds is 10. The van der Waals surface area contributed by atoms with E-state index in [0.29, 0.717) is 29.9 Å². The van der Waals surface area contributed by atoms with Gasteiger partial charge in [-0.15, -0.1) is 0 Å². The van der Waals surface area contributed by atoms with Crippen molar-refractivity contribution in [2.45, 2.75) is 96.2 Å². The Morgan fingerprint density at radius 2 is 1.76 bits per heavy atom. The van der Waals surface area contributed by atoms with Crippen molar-refractivity contribution in [3.63, 3.8) is 0 Å². The Morgan fingerprint density at radius 1 is 1.00 bits per heavy atom. The summed E-state index contributed by atoms with van der Waals surface area (Å²) in [6.07, 6.45) is 8.92. The molecular formula is C34H48FNO2. The van der Waals surface area contributed by atoms with E-state index < -0.39 is 6.17 Å². The molecule has 7 atom stereocenters. The lowest BCUT2D eigenvalue weighted by Gasteiger charge is -2.54. The average Bonchev–Trinajstić information content (AvgIpc) is 3.18. The van der Waals surface area contributed by atoms with Gasteiger partial charge < -0.3 is 15.1 Å². The van der Waals surface area contributed by atoms with Crippen LogP contribution in [0.2, 0.25) is 0 Å². The van der Waals surface area contributed by atoms with Gasteiger partial charge in [-0.25, -0.2) is 4.39 Å². The van der Waals surface area contributed by atoms with E-state index in [1.807, 2.05) is 12.1 Å². The highest BCUT2D eigenvalue weighted by Gasteiger charge is 2.59. The molecule has 0 spiro atoms. The molecule has 3 aliphatic carbocycles. The molecular weight excluding hydrogens is 473 g/mol. The lowest BCUT2D eigenvalue weighted by Crippen LogP contribution is -2.51. The number of unbranched alkanes of at least 4 members (excludes halogenated alkanes) is 2. The molecule has 2 saturated carbocycles. The molecule has 208 valence electrons. The quantitative estimate of drug-likeness (QED) is 0.325. The summed E-state index contributed by atoms with van der Waals surface area (Å²) < 4.78 is 15.9. The lowest BCUT2D eigenvalue weighted by molar-refractivity contribution is -0.0722. The molecule has 2 N–H and O–H groups in total. The van der Waals surface area contributed by atoms with Crippen molar-refractivity contribution in [2.75, 3.05) is 20.1 Å². The third-order valence-electron chi connectivity index (χ3n) is 10.5. The number of phenols is 1. The molecule has 2 aromatic rings. The van der Waals surface area contributed by atoms with Gasteiger partial charge in [0.25, 0.3) is 0 Å². The second-order valence-electron chi connectivity index (χ2n) is 13.1. The SMILES string of the molecule is Cc1ccc(CCCN(C)CCCCC[C@@H]2Cc3cc(O)ccc3[C@@H]3[C@@H]2[C@@H]2CC[C@H](O)[C@@]2(C)C[C@@H]3F)cc1. The smallest absolute Gasteiger partial charge is 0.115 e. The number of hydrogen-bond donors (Lipinski definition) is 2. The van der Waals surface area contributed by atoms with Crippen LogP contribution in [0, 0.1) is 30.1 Å². The highest BCUT2D eigenvalue weighted by Crippen LogP contribution is 2.63. The lowest BCUT2D eigenvalue weighted by atomic mass is 9.51. The van der Waals surface area contributed by atoms with E-state index in [-0.39, 0.29) is 17.4 Å². The van der Waals surface area contributed by atoms with Crippen molar-refractivity contribution in [1.29, 1.82) is 0 Å². The van der Waals surface area contributed by atoms with Gasteiger partial charge in [-0.05, 0) is 130 Å². The van der Waals surface area contributed by atoms with E-state index in [9.17, 15) is 10.2 Å². The third kappa shape index (κ3) is 5.68. The van der Waals surface area contributed by atoms with Crippen LogP contribution in [0.1, 0.15) is 86.5 Å². The monoisotopic (exact) mass is 521 g/mol. The standard InChI is InChI=1S/C34H48FNO2/c1-23-10-12-24(13-11-23)8-7-19-36(3)18-6-4-5-9-25-20-26-21-27(37)14-15-28(26)33-30(35)22-34(2)29(32(25)33)16-17-31(34)38/h10-15,21,25,29-33,37-38H,4-9,16-20,22H2,1-3H3/t25-,29+,30+,31+,32+,33+,34+/m1/s1. The number of alkyl halides is 1. The fraction of sp³-hybridized carbons (Fsp3) is 0.647. The van der Waals surface area contributed by atoms with E-state index in [0.717, 1.165) is 56.3 Å². The summed E-state index contributed by atoms with van der Waals surface area (Å²) >= 11 is 0. The van der Waals surface area contributed by atoms with E-state index in [1.165, 1.54) is 36.8 Å². The minimum atomic E-state index is -0.923. The predicted molar refractivity (Wildman–Crippen MR) is 153 cm³/mol. The van der Waals surface area contributed by atoms with Crippen LogP contribution >= 0.6 is 0 Å². The van der Waals surface area contributed by atoms with Gasteiger partial charge in [0.2, 0.25) is 0 Å². The van der Waals surface area contributed by atoms with Crippen molar-refractivity contribution < 1.29 is 14.6 Å². The summed E-state index contributed by atoms with van der Waals surface area (Å²) in [7, 11) is 2.24. The van der Waals surface area contributed by atoms with Crippen molar-refractivity contribution in [3.8, 4) is 5.75 Å². The zero-order valence-corrected chi connectivity index (χ0v) is 23.7. The molecule has 3 nitrogen and oxygen atoms in total. The number of benzene rings is 2. The number of aromatic hydroxyl groups is 1. The molecule has 2 aromatic carbocycles. The third-order valence-corrected chi connectivity index (χ3v) is 10.5. The number of phenolic OH excluding ortho intramolecular Hbond substituents is 1. The topological polar surface area (TPSA) is 43.7 Å². The summed E-state index contributed by atoms with van der Waals surface area (Å²) in [5.74, 6) is 1.31. The molecule has 0 heterocycles. The van der Waals surface area contributed by atoms with Crippen LogP contribution in [0.25, 0.3) is 0 Å². The summed E-state index contributed by atoms with van der Waals surface area (Å²) in [5, 5.41) is 21.0. The molecule has 38 heavy (non-hydrogen) atoms. The highest BCUT2D eigenvalue weighted by atomic mass is 19.1. The molecule has 0 amide bonds. The van der Waals surface area contributed by atoms with E-state index in [1.54, 1.807) is 6.07 Å². The number of halogens is 1. The van der Waals surface area contributed by atoms with Gasteiger partial charge in [0.1, 0.15) is 11.9 Å². The second-order valence-corrected chi connectivity index (χ2v) is 13.1. The van der Waals surface area contributed by atoms with Crippen LogP contribution in [-0.4, -0.2) is 47.5 Å². The van der Waals surface area contributed by atoms with Crippen molar-refractivity contribution >= 4 is 0 Å². The zero-order valence-electron chi connectivity index (χ0n) is 23.7. The van der Waals surface area contributed by atoms with Crippen molar-refractivity contribution in [2.24, 2.45) is 23.2 Å². The van der Waals surface area contributed by atoms with Crippen LogP contribution in [0.15, 0.2) is 42.5 Å². The first-order valence-electron chi connectivity index (χ1n) is 15.1. The van der Waals surface area contributed by atoms with E-state index >= 15 is 4.39 Å². The average molecular weight is 522 g/mol. The number of aryl methyl sites for hydroxylation is 2. The van der Waals surface area contributed by atoms with Crippen LogP contribution < -0.4 is 0 Å². The molecule has 0 aromatic heterocycles. The Morgan fingerprint density at radius 3 is 2.55 bits per heavy atom. The maximum atomic E-state index is 15.9. The zero-order chi connectivity index (χ0) is 26.9. The largest absolute Gasteiger partial charge is 0.508 e. The maximum absolute atomic E-state index is 15.9. The van der Waals surface area contributed by atoms with Crippen LogP contribution in [-0.2, 0) is 12.8 Å². The van der Waals surface area contributed by atoms with Crippen LogP contribution in [0.5, 0.6) is 5.75 Å². The summed E-state index contributed by atoms with van der Waals surface area (Å²) in [6, 6.07) is 14.5. The first-order chi connectivity index (χ1) is 18.3. The number of hydrogen-bond acceptors (Lipinski definition) is 3. The van der Waals surface area contributed by atoms with Crippen molar-refractivity contribution in [3.05, 3.63) is 64.7 Å². The van der Waals surface area contributed by atoms with Gasteiger partial charge in [0, 0.05) is 5.92 Å². The second kappa shape index (κ2) is 11.7. The van der Waals surface area contributed by atoms with E-state index in [4.69, 9.17) is 0 Å². The Balaban J connectivity index is 1.15. The molecule has 0 radical (unpaired) electrons. The molecule has 5 rings (SSSR count). The number of aliphatic hydroxyl groups is 1. The molecule has 4 heteroatoms. The number of fused-ring (bicyclic) bond motifs is 5. The number of nitrogens with zero attached hydrogens (tertiary/aromatic N) is 1. The van der Waals surface area contributed by atoms with Gasteiger partial charge in [0.15, 0.2) is 0 Å². The Labute approximate surface area is 229 Å². The summed E-state index contributed by atoms with van der Waals surface area (Å²) in [4.78, 5) is 2.46. The summed E-state index contributed by atoms with van der Waals surface area (Å²) in [6.45, 7) is 6.54. The molecule has 0 unspecified atom stereocenters. The minimum Gasteiger partial charge on any atom is -0.508 e. The summed E-state index contributed by atoms with van der Waals surface area (Å²) in [5.41, 5.74) is 4.71. The van der Waals surface area contributed by atoms with Gasteiger partial charge in [0.05, 0.1) is 6.10 Å².